The van der Waals surface area contributed by atoms with Crippen LogP contribution in [0.3, 0.4) is 0 Å². The number of Topliss-reactive ketones (excluding diaryl/α,β-unsaturated/α-hetero) is 2. The van der Waals surface area contributed by atoms with Gasteiger partial charge in [-0.25, -0.2) is 4.79 Å². The van der Waals surface area contributed by atoms with E-state index in [1.165, 1.54) is 28.9 Å². The fourth-order valence-corrected chi connectivity index (χ4v) is 12.1. The second-order valence-electron chi connectivity index (χ2n) is 23.5. The summed E-state index contributed by atoms with van der Waals surface area (Å²) in [6, 6.07) is -3.47. The van der Waals surface area contributed by atoms with Gasteiger partial charge in [-0.1, -0.05) is 37.6 Å². The molecular weight excluding hydrogens is 1220 g/mol. The van der Waals surface area contributed by atoms with Gasteiger partial charge in [-0.2, -0.15) is 11.8 Å². The first kappa shape index (κ1) is 74.7. The van der Waals surface area contributed by atoms with Crippen molar-refractivity contribution in [1.82, 2.24) is 57.5 Å². The highest BCUT2D eigenvalue weighted by molar-refractivity contribution is 8.00. The second-order valence-corrected chi connectivity index (χ2v) is 24.7. The van der Waals surface area contributed by atoms with E-state index in [9.17, 15) is 63.0 Å². The Balaban J connectivity index is 1.26. The highest BCUT2D eigenvalue weighted by atomic mass is 32.2. The van der Waals surface area contributed by atoms with Crippen molar-refractivity contribution in [2.24, 2.45) is 39.8 Å². The molecule has 2 aromatic rings. The zero-order valence-corrected chi connectivity index (χ0v) is 53.1. The Labute approximate surface area is 537 Å². The number of phenols is 1. The van der Waals surface area contributed by atoms with E-state index in [-0.39, 0.29) is 125 Å². The molecule has 1 aromatic carbocycles. The Bertz CT molecular complexity index is 2820. The highest BCUT2D eigenvalue weighted by Crippen LogP contribution is 2.33. The fourth-order valence-electron chi connectivity index (χ4n) is 10.5. The largest absolute Gasteiger partial charge is 0.508 e. The van der Waals surface area contributed by atoms with E-state index in [4.69, 9.17) is 37.1 Å². The van der Waals surface area contributed by atoms with E-state index in [1.807, 2.05) is 11.8 Å². The number of phenolic OH excluding ortho intramolecular Hbond substituents is 1. The maximum atomic E-state index is 14.5. The van der Waals surface area contributed by atoms with Crippen molar-refractivity contribution in [3.05, 3.63) is 41.7 Å². The lowest BCUT2D eigenvalue weighted by Crippen LogP contribution is -2.61. The summed E-state index contributed by atoms with van der Waals surface area (Å²) in [6.45, 7) is 3.26. The topological polar surface area (TPSA) is 499 Å². The number of nitrogens with one attached hydrogen (secondary N) is 8. The number of benzene rings is 1. The summed E-state index contributed by atoms with van der Waals surface area (Å²) >= 11 is 1.85. The number of aliphatic hydroxyl groups is 1. The van der Waals surface area contributed by atoms with E-state index in [1.54, 1.807) is 20.0 Å². The number of primary amides is 2. The Hall–Kier alpha value is -8.01. The molecule has 3 aliphatic rings. The van der Waals surface area contributed by atoms with Crippen LogP contribution in [-0.2, 0) is 81.5 Å². The summed E-state index contributed by atoms with van der Waals surface area (Å²) < 4.78 is 18.3. The molecule has 2 fully saturated rings. The minimum absolute atomic E-state index is 0.00421. The lowest BCUT2D eigenvalue weighted by Gasteiger charge is -2.27. The van der Waals surface area contributed by atoms with Crippen LogP contribution in [0.4, 0.5) is 4.79 Å². The van der Waals surface area contributed by atoms with Gasteiger partial charge in [0.15, 0.2) is 11.7 Å². The minimum atomic E-state index is -1.80. The summed E-state index contributed by atoms with van der Waals surface area (Å²) in [5.74, 6) is -8.95. The second kappa shape index (κ2) is 39.4. The molecule has 0 radical (unpaired) electrons. The van der Waals surface area contributed by atoms with Gasteiger partial charge in [0, 0.05) is 69.0 Å². The van der Waals surface area contributed by atoms with E-state index in [2.05, 4.69) is 57.8 Å². The predicted molar refractivity (Wildman–Crippen MR) is 334 cm³/mol. The molecule has 10 amide bonds. The molecule has 2 bridgehead atoms. The highest BCUT2D eigenvalue weighted by Gasteiger charge is 2.43. The molecule has 1 aromatic heterocycles. The normalized spacial score (nSPS) is 23.9. The number of guanidine groups is 1. The Kier molecular flexibility index (Phi) is 32.0. The van der Waals surface area contributed by atoms with E-state index in [0.717, 1.165) is 25.0 Å². The summed E-state index contributed by atoms with van der Waals surface area (Å²) in [4.78, 5) is 152. The van der Waals surface area contributed by atoms with Crippen molar-refractivity contribution in [2.75, 3.05) is 58.5 Å². The maximum absolute atomic E-state index is 14.5. The van der Waals surface area contributed by atoms with Gasteiger partial charge in [-0.3, -0.25) is 57.6 Å². The number of unbranched alkanes of at least 4 members (excludes halogenated alkanes) is 1. The molecule has 92 heavy (non-hydrogen) atoms. The van der Waals surface area contributed by atoms with E-state index < -0.39 is 121 Å². The number of carbonyl (C=O) groups is 11. The third-order valence-electron chi connectivity index (χ3n) is 15.3. The molecule has 10 atom stereocenters. The molecule has 3 aliphatic heterocycles. The number of aromatic nitrogens is 3. The zero-order valence-electron chi connectivity index (χ0n) is 52.2. The number of rotatable bonds is 31. The molecule has 2 saturated heterocycles. The van der Waals surface area contributed by atoms with Crippen LogP contribution in [0.1, 0.15) is 115 Å². The van der Waals surface area contributed by atoms with Crippen LogP contribution in [0.5, 0.6) is 5.75 Å². The van der Waals surface area contributed by atoms with Crippen LogP contribution in [-0.4, -0.2) is 208 Å². The summed E-state index contributed by atoms with van der Waals surface area (Å²) in [7, 11) is 0. The van der Waals surface area contributed by atoms with E-state index in [0.29, 0.717) is 49.5 Å². The van der Waals surface area contributed by atoms with Gasteiger partial charge in [0.05, 0.1) is 63.2 Å². The number of aliphatic imine (C=N–C) groups is 1. The third kappa shape index (κ3) is 27.1. The lowest BCUT2D eigenvalue weighted by molar-refractivity contribution is -0.137. The van der Waals surface area contributed by atoms with Crippen LogP contribution in [0, 0.1) is 11.8 Å². The first-order valence-corrected chi connectivity index (χ1v) is 32.2. The van der Waals surface area contributed by atoms with Crippen LogP contribution < -0.4 is 65.5 Å². The number of aryl methyl sites for hydroxylation is 1. The third-order valence-corrected chi connectivity index (χ3v) is 16.9. The zero-order chi connectivity index (χ0) is 67.1. The minimum Gasteiger partial charge on any atom is -0.508 e. The number of hydrogen-bond acceptors (Lipinski definition) is 20. The van der Waals surface area contributed by atoms with E-state index >= 15 is 0 Å². The monoisotopic (exact) mass is 1310 g/mol. The molecule has 510 valence electrons. The van der Waals surface area contributed by atoms with Crippen molar-refractivity contribution in [1.29, 1.82) is 0 Å². The van der Waals surface area contributed by atoms with Gasteiger partial charge in [0.25, 0.3) is 0 Å². The van der Waals surface area contributed by atoms with Gasteiger partial charge < -0.3 is 89.9 Å². The average molecular weight is 1310 g/mol. The van der Waals surface area contributed by atoms with Gasteiger partial charge in [-0.05, 0) is 81.4 Å². The number of thioether (sulfide) groups is 1. The Morgan fingerprint density at radius 2 is 1.32 bits per heavy atom. The van der Waals surface area contributed by atoms with Gasteiger partial charge in [-0.15, -0.1) is 5.10 Å². The molecule has 33 heteroatoms. The average Bonchev–Trinajstić information content (AvgIpc) is 1.67. The number of ketones is 2. The number of aliphatic hydroxyl groups excluding tert-OH is 1. The van der Waals surface area contributed by atoms with Crippen molar-refractivity contribution in [3.8, 4) is 5.75 Å². The maximum Gasteiger partial charge on any atom is 0.315 e. The number of nitrogens with two attached hydrogens (primary N) is 4. The van der Waals surface area contributed by atoms with Gasteiger partial charge in [0.2, 0.25) is 47.3 Å². The number of aromatic hydroxyl groups is 1. The van der Waals surface area contributed by atoms with Crippen LogP contribution in [0.25, 0.3) is 0 Å². The number of carbonyl (C=O) groups excluding carboxylic acids is 11. The standard InChI is InChI=1S/C59H92N16O16S/c1-34(2)25-43-54(84)65-41(51(61)81)11-5-6-19-75-30-37(73-74-75)27-36(28-40(79)32-91-24-23-90-22-21-89-20-8-10-38(77)9-3-4-13-48-50-47(33-92-48)71-59(88)72-50)52(82)66-42(12-7-18-64-58(62)63)53(83)70-46(31-76)57(87)68-44(26-35-14-16-39(78)17-15-35)55(85)69-45(29-49(60)80)56(86)67-43/h14-17,30,34,36,41-48,50,76,78H,3-13,18-29,31-33H2,1-2H3,(H2,60,80)(H2,61,81)(H,65,84)(H,66,82)(H,67,86)(H,68,87)(H,69,85)(H,70,83)(H4,62,63,64)(H2,71,72,88)/t36-,41+,42+,43+,44+,45+,46+,47+,48+,50+/m1/s1. The molecule has 0 spiro atoms. The van der Waals surface area contributed by atoms with Crippen molar-refractivity contribution >= 4 is 82.6 Å². The number of ether oxygens (including phenoxy) is 3. The molecule has 32 nitrogen and oxygen atoms in total. The number of fused-ring (bicyclic) bond motifs is 3. The lowest BCUT2D eigenvalue weighted by atomic mass is 9.95. The van der Waals surface area contributed by atoms with Gasteiger partial charge in [0.1, 0.15) is 54.4 Å². The summed E-state index contributed by atoms with van der Waals surface area (Å²) in [6.07, 6.45) is 4.71. The van der Waals surface area contributed by atoms with Crippen LogP contribution >= 0.6 is 11.8 Å². The fraction of sp³-hybridized carbons (Fsp3) is 0.661. The van der Waals surface area contributed by atoms with Crippen LogP contribution in [0.2, 0.25) is 0 Å². The summed E-state index contributed by atoms with van der Waals surface area (Å²) in [5.41, 5.74) is 23.0. The quantitative estimate of drug-likeness (QED) is 0.0155. The van der Waals surface area contributed by atoms with Crippen molar-refractivity contribution in [3.63, 3.8) is 0 Å². The number of hydrogen-bond donors (Lipinski definition) is 14. The molecule has 4 heterocycles. The number of nitrogens with zero attached hydrogens (tertiary/aromatic N) is 4. The molecule has 0 unspecified atom stereocenters. The molecule has 0 aliphatic carbocycles. The number of urea groups is 1. The first-order valence-electron chi connectivity index (χ1n) is 31.2. The molecule has 18 N–H and O–H groups in total. The smallest absolute Gasteiger partial charge is 0.315 e. The Morgan fingerprint density at radius 3 is 2.01 bits per heavy atom. The molecule has 0 saturated carbocycles. The first-order chi connectivity index (χ1) is 44.0. The molecular formula is C59H92N16O16S. The Morgan fingerprint density at radius 1 is 0.685 bits per heavy atom. The van der Waals surface area contributed by atoms with Gasteiger partial charge >= 0.3 is 6.03 Å². The van der Waals surface area contributed by atoms with Crippen molar-refractivity contribution < 1.29 is 77.2 Å². The molecule has 5 rings (SSSR count). The van der Waals surface area contributed by atoms with Crippen molar-refractivity contribution in [2.45, 2.75) is 177 Å². The number of amides is 10. The van der Waals surface area contributed by atoms with Crippen LogP contribution in [0.15, 0.2) is 35.5 Å². The SMILES string of the molecule is CC(C)C[C@@H]1NC(=O)[C@H](CC(N)=O)NC(=O)[C@H](Cc2ccc(O)cc2)NC(=O)[C@H](CO)NC(=O)[C@H](CCCN=C(N)N)NC(=O)[C@@H](CC(=O)COCCOCCOCCCC(=O)CCCC[C@@H]2SC[C@@H]3NC(=O)N[C@@H]32)Cc2cn(nn2)CCCC[C@@H](C(N)=O)NC1=O. The predicted octanol–water partition coefficient (Wildman–Crippen LogP) is -2.99. The summed E-state index contributed by atoms with van der Waals surface area (Å²) in [5, 5.41) is 50.4.